The lowest BCUT2D eigenvalue weighted by molar-refractivity contribution is -0.126. The number of hydrogen-bond donors (Lipinski definition) is 1. The molecule has 2 amide bonds. The highest BCUT2D eigenvalue weighted by atomic mass is 16.2. The quantitative estimate of drug-likeness (QED) is 0.674. The molecule has 0 rings (SSSR count). The first-order valence-electron chi connectivity index (χ1n) is 6.11. The molecule has 0 spiro atoms. The zero-order valence-electron chi connectivity index (χ0n) is 14.4. The Kier molecular flexibility index (Phi) is 92.2. The summed E-state index contributed by atoms with van der Waals surface area (Å²) in [5, 5.41) is 2.39. The Bertz CT molecular complexity index is 220. The maximum absolute atomic E-state index is 10.1. The number of nitrogens with one attached hydrogen (secondary N) is 1. The van der Waals surface area contributed by atoms with Gasteiger partial charge in [-0.2, -0.15) is 0 Å². The van der Waals surface area contributed by atoms with Gasteiger partial charge in [-0.25, -0.2) is 0 Å². The third-order valence-electron chi connectivity index (χ3n) is 1.32. The van der Waals surface area contributed by atoms with E-state index in [1.54, 1.807) is 21.1 Å². The van der Waals surface area contributed by atoms with E-state index in [1.165, 1.54) is 18.7 Å². The Morgan fingerprint density at radius 3 is 0.913 bits per heavy atom. The van der Waals surface area contributed by atoms with Crippen LogP contribution in [0.4, 0.5) is 0 Å². The molecule has 0 fully saturated rings. The number of nitrogens with zero attached hydrogens (tertiary/aromatic N) is 2. The molecule has 0 bridgehead atoms. The van der Waals surface area contributed by atoms with Gasteiger partial charge in [-0.1, -0.05) is 41.9 Å². The molecule has 0 heterocycles. The highest BCUT2D eigenvalue weighted by Gasteiger charge is 1.87. The fourth-order valence-corrected chi connectivity index (χ4v) is 0. The van der Waals surface area contributed by atoms with Gasteiger partial charge in [-0.05, 0) is 35.0 Å². The Balaban J connectivity index is -0.0000000208. The lowest BCUT2D eigenvalue weighted by atomic mass is 10.6. The predicted octanol–water partition coefficient (Wildman–Crippen LogP) is 4.15. The second-order valence-corrected chi connectivity index (χ2v) is 4.23. The van der Waals surface area contributed by atoms with Crippen molar-refractivity contribution < 1.29 is 9.59 Å². The summed E-state index contributed by atoms with van der Waals surface area (Å²) in [6, 6.07) is 0. The summed E-state index contributed by atoms with van der Waals surface area (Å²) in [7, 11) is 11.0. The van der Waals surface area contributed by atoms with Gasteiger partial charge in [0.1, 0.15) is 0 Å². The molecule has 23 heavy (non-hydrogen) atoms. The van der Waals surface area contributed by atoms with E-state index in [-0.39, 0.29) is 41.5 Å². The highest BCUT2D eigenvalue weighted by molar-refractivity contribution is 5.72. The van der Waals surface area contributed by atoms with Gasteiger partial charge >= 0.3 is 0 Å². The van der Waals surface area contributed by atoms with Gasteiger partial charge in [0, 0.05) is 35.0 Å². The van der Waals surface area contributed by atoms with Crippen molar-refractivity contribution in [2.24, 2.45) is 0 Å². The summed E-state index contributed by atoms with van der Waals surface area (Å²) in [6.45, 7) is 7.00. The van der Waals surface area contributed by atoms with Crippen LogP contribution in [-0.2, 0) is 9.59 Å². The zero-order valence-corrected chi connectivity index (χ0v) is 14.4. The van der Waals surface area contributed by atoms with Crippen LogP contribution in [0.15, 0.2) is 12.2 Å². The fraction of sp³-hybridized carbons (Fsp3) is 0.778. The lowest BCUT2D eigenvalue weighted by Gasteiger charge is -2.02. The van der Waals surface area contributed by atoms with Crippen LogP contribution in [0.3, 0.4) is 0 Å². The first-order chi connectivity index (χ1) is 8.56. The van der Waals surface area contributed by atoms with Crippen LogP contribution in [0.25, 0.3) is 0 Å². The second kappa shape index (κ2) is 42.8. The molecule has 0 saturated heterocycles. The van der Waals surface area contributed by atoms with Gasteiger partial charge in [0.05, 0.1) is 0 Å². The van der Waals surface area contributed by atoms with Gasteiger partial charge in [-0.15, -0.1) is 0 Å². The molecule has 0 atom stereocenters. The number of rotatable bonds is 0. The Morgan fingerprint density at radius 1 is 0.783 bits per heavy atom. The lowest BCUT2D eigenvalue weighted by Crippen LogP contribution is -2.17. The molecular formula is C18H49N3O2. The monoisotopic (exact) mass is 339 g/mol. The van der Waals surface area contributed by atoms with Crippen LogP contribution in [0, 0.1) is 0 Å². The average molecular weight is 340 g/mol. The van der Waals surface area contributed by atoms with Crippen LogP contribution in [0.1, 0.15) is 57.4 Å². The first kappa shape index (κ1) is 49.6. The van der Waals surface area contributed by atoms with Crippen molar-refractivity contribution >= 4 is 11.8 Å². The Hall–Kier alpha value is -1.36. The molecule has 0 aliphatic carbocycles. The molecule has 0 aliphatic rings. The Morgan fingerprint density at radius 2 is 0.913 bits per heavy atom. The van der Waals surface area contributed by atoms with Crippen molar-refractivity contribution in [3.63, 3.8) is 0 Å². The molecule has 0 unspecified atom stereocenters. The van der Waals surface area contributed by atoms with Crippen molar-refractivity contribution in [2.75, 3.05) is 42.3 Å². The summed E-state index contributed by atoms with van der Waals surface area (Å²) in [6.07, 6.45) is 4.00. The maximum atomic E-state index is 10.1. The minimum Gasteiger partial charge on any atom is -0.359 e. The number of amides is 2. The van der Waals surface area contributed by atoms with E-state index in [0.717, 1.165) is 0 Å². The molecular weight excluding hydrogens is 290 g/mol. The largest absolute Gasteiger partial charge is 0.359 e. The van der Waals surface area contributed by atoms with Gasteiger partial charge in [0.25, 0.3) is 0 Å². The smallest absolute Gasteiger partial charge is 0.218 e. The normalized spacial score (nSPS) is 6.74. The molecule has 0 radical (unpaired) electrons. The molecule has 1 N–H and O–H groups in total. The molecule has 0 aliphatic heterocycles. The standard InChI is InChI=1S/C4H9NO.C4H8.C3H7NO.C3H9N.4CH4/c1-4(6)5(2)3;1-3-4-2;1-3(5)4-2;1-4(2)3;;;;/h1-3H3;3-4H,1-2H3;1-2H3,(H,4,5);1-3H3;4*1H4. The highest BCUT2D eigenvalue weighted by Crippen LogP contribution is 1.69. The SMILES string of the molecule is C.C.C.C.CC(=O)N(C)C.CC=CC.CN(C)C.CNC(C)=O. The van der Waals surface area contributed by atoms with Crippen LogP contribution >= 0.6 is 0 Å². The topological polar surface area (TPSA) is 52.7 Å². The molecule has 0 aromatic rings. The predicted molar refractivity (Wildman–Crippen MR) is 111 cm³/mol. The molecule has 5 nitrogen and oxygen atoms in total. The molecule has 0 aromatic heterocycles. The maximum Gasteiger partial charge on any atom is 0.218 e. The van der Waals surface area contributed by atoms with E-state index in [0.29, 0.717) is 0 Å². The van der Waals surface area contributed by atoms with Crippen molar-refractivity contribution in [1.29, 1.82) is 0 Å². The van der Waals surface area contributed by atoms with Crippen LogP contribution in [0.5, 0.6) is 0 Å². The molecule has 5 heteroatoms. The van der Waals surface area contributed by atoms with E-state index < -0.39 is 0 Å². The van der Waals surface area contributed by atoms with Gasteiger partial charge < -0.3 is 15.1 Å². The summed E-state index contributed by atoms with van der Waals surface area (Å²) < 4.78 is 0. The van der Waals surface area contributed by atoms with Gasteiger partial charge in [-0.3, -0.25) is 9.59 Å². The number of allylic oxidation sites excluding steroid dienone is 2. The minimum atomic E-state index is 0. The number of carbonyl (C=O) groups excluding carboxylic acids is 2. The summed E-state index contributed by atoms with van der Waals surface area (Å²) in [5.74, 6) is 0.0972. The van der Waals surface area contributed by atoms with Crippen molar-refractivity contribution in [3.05, 3.63) is 12.2 Å². The average Bonchev–Trinajstić information content (AvgIpc) is 2.29. The van der Waals surface area contributed by atoms with Crippen molar-refractivity contribution in [3.8, 4) is 0 Å². The zero-order chi connectivity index (χ0) is 16.4. The summed E-state index contributed by atoms with van der Waals surface area (Å²) >= 11 is 0. The molecule has 148 valence electrons. The van der Waals surface area contributed by atoms with Crippen molar-refractivity contribution in [1.82, 2.24) is 15.1 Å². The minimum absolute atomic E-state index is 0. The number of hydrogen-bond acceptors (Lipinski definition) is 3. The van der Waals surface area contributed by atoms with E-state index in [2.05, 4.69) is 5.32 Å². The third-order valence-corrected chi connectivity index (χ3v) is 1.32. The fourth-order valence-electron chi connectivity index (χ4n) is 0. The van der Waals surface area contributed by atoms with Crippen LogP contribution in [-0.4, -0.2) is 63.9 Å². The third kappa shape index (κ3) is 225. The second-order valence-electron chi connectivity index (χ2n) is 4.23. The van der Waals surface area contributed by atoms with Gasteiger partial charge in [0.2, 0.25) is 11.8 Å². The van der Waals surface area contributed by atoms with Crippen LogP contribution < -0.4 is 5.32 Å². The summed E-state index contributed by atoms with van der Waals surface area (Å²) in [4.78, 5) is 23.3. The van der Waals surface area contributed by atoms with Gasteiger partial charge in [0.15, 0.2) is 0 Å². The molecule has 0 saturated carbocycles. The van der Waals surface area contributed by atoms with Crippen molar-refractivity contribution in [2.45, 2.75) is 57.4 Å². The van der Waals surface area contributed by atoms with Crippen LogP contribution in [0.2, 0.25) is 0 Å². The number of carbonyl (C=O) groups is 2. The van der Waals surface area contributed by atoms with E-state index in [4.69, 9.17) is 0 Å². The Labute approximate surface area is 149 Å². The van der Waals surface area contributed by atoms with E-state index in [9.17, 15) is 9.59 Å². The molecule has 0 aromatic carbocycles. The first-order valence-corrected chi connectivity index (χ1v) is 6.11. The van der Waals surface area contributed by atoms with E-state index in [1.807, 2.05) is 52.0 Å². The summed E-state index contributed by atoms with van der Waals surface area (Å²) in [5.41, 5.74) is 0. The van der Waals surface area contributed by atoms with E-state index >= 15 is 0 Å².